The Bertz CT molecular complexity index is 976. The lowest BCUT2D eigenvalue weighted by Crippen LogP contribution is -2.08. The third kappa shape index (κ3) is 8.99. The number of ether oxygens (including phenoxy) is 1. The molecule has 3 N–H and O–H groups in total. The molecule has 2 aromatic carbocycles. The monoisotopic (exact) mass is 468 g/mol. The first-order chi connectivity index (χ1) is 16.3. The van der Waals surface area contributed by atoms with Crippen molar-refractivity contribution in [3.8, 4) is 0 Å². The van der Waals surface area contributed by atoms with E-state index in [1.165, 1.54) is 23.3 Å². The van der Waals surface area contributed by atoms with Gasteiger partial charge in [0.2, 0.25) is 0 Å². The van der Waals surface area contributed by atoms with Crippen molar-refractivity contribution in [1.29, 1.82) is 0 Å². The van der Waals surface area contributed by atoms with E-state index in [0.29, 0.717) is 11.5 Å². The van der Waals surface area contributed by atoms with E-state index in [2.05, 4.69) is 37.0 Å². The van der Waals surface area contributed by atoms with Crippen LogP contribution in [0.5, 0.6) is 0 Å². The lowest BCUT2D eigenvalue weighted by molar-refractivity contribution is -0.0980. The summed E-state index contributed by atoms with van der Waals surface area (Å²) in [6, 6.07) is 11.1. The minimum atomic E-state index is -0.341. The summed E-state index contributed by atoms with van der Waals surface area (Å²) >= 11 is 0. The molecule has 2 rings (SSSR count). The summed E-state index contributed by atoms with van der Waals surface area (Å²) in [4.78, 5) is 8.00. The Morgan fingerprint density at radius 3 is 2.29 bits per heavy atom. The van der Waals surface area contributed by atoms with Gasteiger partial charge in [0.1, 0.15) is 24.5 Å². The lowest BCUT2D eigenvalue weighted by atomic mass is 9.98. The molecule has 0 radical (unpaired) electrons. The SMILES string of the molecule is C=C/C(=C\C(OC(C)c1cc(F)ccc1CC)=C(/C)N)c1ccc(CNC)c(C)c1.C=O.CC. The molecule has 0 saturated carbocycles. The van der Waals surface area contributed by atoms with Crippen LogP contribution >= 0.6 is 0 Å². The number of nitrogens with one attached hydrogen (secondary N) is 1. The van der Waals surface area contributed by atoms with Crippen LogP contribution in [-0.4, -0.2) is 13.8 Å². The quantitative estimate of drug-likeness (QED) is 0.314. The van der Waals surface area contributed by atoms with Gasteiger partial charge in [0, 0.05) is 12.2 Å². The van der Waals surface area contributed by atoms with E-state index < -0.39 is 0 Å². The second-order valence-corrected chi connectivity index (χ2v) is 7.48. The van der Waals surface area contributed by atoms with Gasteiger partial charge in [0.05, 0.1) is 0 Å². The zero-order chi connectivity index (χ0) is 26.3. The van der Waals surface area contributed by atoms with Crippen LogP contribution in [0.4, 0.5) is 4.39 Å². The van der Waals surface area contributed by atoms with Crippen LogP contribution in [-0.2, 0) is 22.5 Å². The highest BCUT2D eigenvalue weighted by molar-refractivity contribution is 5.76. The molecular formula is C29H41FN2O2. The standard InChI is InChI=1S/C26H33FN2O.C2H6.CH2O/c1-7-20-11-12-24(27)15-25(20)19(5)30-26(18(4)28)14-21(8-2)22-9-10-23(16-29-6)17(3)13-22;2*1-2/h8-15,19,29H,2,7,16,28H2,1,3-6H3;1-2H3;1H2/b21-14+,26-18-;;. The second kappa shape index (κ2) is 16.4. The van der Waals surface area contributed by atoms with Crippen LogP contribution in [0.2, 0.25) is 0 Å². The van der Waals surface area contributed by atoms with Crippen molar-refractivity contribution < 1.29 is 13.9 Å². The van der Waals surface area contributed by atoms with Crippen LogP contribution in [0.3, 0.4) is 0 Å². The van der Waals surface area contributed by atoms with Crippen LogP contribution in [0, 0.1) is 12.7 Å². The van der Waals surface area contributed by atoms with Crippen molar-refractivity contribution in [2.45, 2.75) is 60.6 Å². The predicted molar refractivity (Wildman–Crippen MR) is 143 cm³/mol. The Morgan fingerprint density at radius 1 is 1.18 bits per heavy atom. The Kier molecular flexibility index (Phi) is 14.9. The molecule has 1 atom stereocenters. The summed E-state index contributed by atoms with van der Waals surface area (Å²) in [6.45, 7) is 18.6. The van der Waals surface area contributed by atoms with Gasteiger partial charge in [-0.1, -0.05) is 57.7 Å². The number of halogens is 1. The van der Waals surface area contributed by atoms with Crippen molar-refractivity contribution in [1.82, 2.24) is 5.32 Å². The largest absolute Gasteiger partial charge is 0.484 e. The minimum absolute atomic E-state index is 0.271. The molecule has 0 aromatic heterocycles. The van der Waals surface area contributed by atoms with Crippen molar-refractivity contribution in [3.05, 3.63) is 100 Å². The summed E-state index contributed by atoms with van der Waals surface area (Å²) in [7, 11) is 1.94. The lowest BCUT2D eigenvalue weighted by Gasteiger charge is -2.20. The topological polar surface area (TPSA) is 64.3 Å². The number of allylic oxidation sites excluding steroid dienone is 4. The van der Waals surface area contributed by atoms with Gasteiger partial charge in [-0.15, -0.1) is 0 Å². The molecule has 186 valence electrons. The third-order valence-corrected chi connectivity index (χ3v) is 5.17. The Balaban J connectivity index is 0.00000258. The summed E-state index contributed by atoms with van der Waals surface area (Å²) in [6.07, 6.45) is 4.15. The Morgan fingerprint density at radius 2 is 1.79 bits per heavy atom. The highest BCUT2D eigenvalue weighted by Crippen LogP contribution is 2.28. The number of hydrogen-bond donors (Lipinski definition) is 2. The van der Waals surface area contributed by atoms with Gasteiger partial charge >= 0.3 is 0 Å². The highest BCUT2D eigenvalue weighted by atomic mass is 19.1. The first kappa shape index (κ1) is 30.8. The number of aryl methyl sites for hydroxylation is 2. The highest BCUT2D eigenvalue weighted by Gasteiger charge is 2.15. The fourth-order valence-electron chi connectivity index (χ4n) is 3.43. The summed E-state index contributed by atoms with van der Waals surface area (Å²) < 4.78 is 20.0. The van der Waals surface area contributed by atoms with Crippen molar-refractivity contribution >= 4 is 12.4 Å². The molecular weight excluding hydrogens is 427 g/mol. The maximum absolute atomic E-state index is 13.8. The Labute approximate surface area is 205 Å². The van der Waals surface area contributed by atoms with Gasteiger partial charge < -0.3 is 20.6 Å². The number of benzene rings is 2. The molecule has 5 heteroatoms. The molecule has 0 aliphatic rings. The van der Waals surface area contributed by atoms with Gasteiger partial charge in [-0.05, 0) is 85.8 Å². The van der Waals surface area contributed by atoms with Crippen molar-refractivity contribution in [3.63, 3.8) is 0 Å². The molecule has 0 bridgehead atoms. The average molecular weight is 469 g/mol. The number of rotatable bonds is 9. The van der Waals surface area contributed by atoms with E-state index in [1.807, 2.05) is 53.7 Å². The fourth-order valence-corrected chi connectivity index (χ4v) is 3.43. The zero-order valence-corrected chi connectivity index (χ0v) is 21.8. The van der Waals surface area contributed by atoms with Gasteiger partial charge in [0.15, 0.2) is 0 Å². The molecule has 4 nitrogen and oxygen atoms in total. The average Bonchev–Trinajstić information content (AvgIpc) is 2.85. The maximum Gasteiger partial charge on any atom is 0.139 e. The van der Waals surface area contributed by atoms with Gasteiger partial charge in [0.25, 0.3) is 0 Å². The van der Waals surface area contributed by atoms with Crippen LogP contribution in [0.15, 0.2) is 66.6 Å². The first-order valence-electron chi connectivity index (χ1n) is 11.6. The van der Waals surface area contributed by atoms with E-state index in [0.717, 1.165) is 35.2 Å². The second-order valence-electron chi connectivity index (χ2n) is 7.48. The Hall–Kier alpha value is -3.18. The molecule has 1 unspecified atom stereocenters. The van der Waals surface area contributed by atoms with Crippen LogP contribution < -0.4 is 11.1 Å². The number of carbonyl (C=O) groups is 1. The summed E-state index contributed by atoms with van der Waals surface area (Å²) in [5, 5.41) is 3.18. The fraction of sp³-hybridized carbons (Fsp3) is 0.345. The predicted octanol–water partition coefficient (Wildman–Crippen LogP) is 6.79. The van der Waals surface area contributed by atoms with Gasteiger partial charge in [-0.3, -0.25) is 0 Å². The molecule has 2 aromatic rings. The zero-order valence-electron chi connectivity index (χ0n) is 21.8. The van der Waals surface area contributed by atoms with E-state index >= 15 is 0 Å². The minimum Gasteiger partial charge on any atom is -0.484 e. The van der Waals surface area contributed by atoms with E-state index in [4.69, 9.17) is 15.3 Å². The normalized spacial score (nSPS) is 12.3. The molecule has 0 aliphatic carbocycles. The van der Waals surface area contributed by atoms with Gasteiger partial charge in [-0.25, -0.2) is 4.39 Å². The number of hydrogen-bond acceptors (Lipinski definition) is 4. The van der Waals surface area contributed by atoms with Crippen LogP contribution in [0.25, 0.3) is 5.57 Å². The molecule has 0 amide bonds. The van der Waals surface area contributed by atoms with E-state index in [-0.39, 0.29) is 11.9 Å². The third-order valence-electron chi connectivity index (χ3n) is 5.17. The van der Waals surface area contributed by atoms with Crippen molar-refractivity contribution in [2.75, 3.05) is 7.05 Å². The molecule has 0 spiro atoms. The smallest absolute Gasteiger partial charge is 0.139 e. The molecule has 0 heterocycles. The van der Waals surface area contributed by atoms with Crippen molar-refractivity contribution in [2.24, 2.45) is 5.73 Å². The molecule has 0 fully saturated rings. The number of carbonyl (C=O) groups excluding carboxylic acids is 1. The maximum atomic E-state index is 13.8. The van der Waals surface area contributed by atoms with Crippen LogP contribution in [0.1, 0.15) is 68.5 Å². The summed E-state index contributed by atoms with van der Waals surface area (Å²) in [5.74, 6) is 0.285. The van der Waals surface area contributed by atoms with E-state index in [1.54, 1.807) is 13.0 Å². The molecule has 34 heavy (non-hydrogen) atoms. The molecule has 0 aliphatic heterocycles. The molecule has 0 saturated heterocycles. The summed E-state index contributed by atoms with van der Waals surface area (Å²) in [5.41, 5.74) is 13.0. The number of nitrogens with two attached hydrogens (primary N) is 1. The van der Waals surface area contributed by atoms with Gasteiger partial charge in [-0.2, -0.15) is 0 Å². The first-order valence-corrected chi connectivity index (χ1v) is 11.6. The van der Waals surface area contributed by atoms with E-state index in [9.17, 15) is 4.39 Å².